The van der Waals surface area contributed by atoms with E-state index in [1.165, 1.54) is 18.2 Å². The molecule has 1 amide bonds. The molecule has 0 aliphatic carbocycles. The Balaban J connectivity index is 1.99. The number of thiol groups is 1. The van der Waals surface area contributed by atoms with E-state index in [4.69, 9.17) is 0 Å². The van der Waals surface area contributed by atoms with Crippen molar-refractivity contribution >= 4 is 35.0 Å². The van der Waals surface area contributed by atoms with Crippen LogP contribution in [0.25, 0.3) is 10.8 Å². The van der Waals surface area contributed by atoms with E-state index < -0.39 is 11.7 Å². The van der Waals surface area contributed by atoms with Crippen LogP contribution in [0.15, 0.2) is 65.6 Å². The minimum Gasteiger partial charge on any atom is -0.321 e. The van der Waals surface area contributed by atoms with Crippen LogP contribution < -0.4 is 5.32 Å². The fourth-order valence-electron chi connectivity index (χ4n) is 2.21. The molecular weight excluding hydrogens is 285 g/mol. The van der Waals surface area contributed by atoms with E-state index in [-0.39, 0.29) is 5.56 Å². The zero-order valence-electron chi connectivity index (χ0n) is 11.0. The van der Waals surface area contributed by atoms with Crippen LogP contribution in [0.2, 0.25) is 0 Å². The molecule has 3 aromatic rings. The Morgan fingerprint density at radius 1 is 1.00 bits per heavy atom. The summed E-state index contributed by atoms with van der Waals surface area (Å²) in [5, 5.41) is 4.68. The lowest BCUT2D eigenvalue weighted by Crippen LogP contribution is -2.14. The van der Waals surface area contributed by atoms with Crippen LogP contribution in [0.3, 0.4) is 0 Å². The van der Waals surface area contributed by atoms with Crippen molar-refractivity contribution in [3.8, 4) is 0 Å². The second-order valence-corrected chi connectivity index (χ2v) is 5.16. The summed E-state index contributed by atoms with van der Waals surface area (Å²) < 4.78 is 13.7. The highest BCUT2D eigenvalue weighted by Gasteiger charge is 2.13. The Labute approximate surface area is 127 Å². The van der Waals surface area contributed by atoms with Gasteiger partial charge in [-0.3, -0.25) is 4.79 Å². The molecule has 1 N–H and O–H groups in total. The van der Waals surface area contributed by atoms with Crippen molar-refractivity contribution in [1.29, 1.82) is 0 Å². The van der Waals surface area contributed by atoms with E-state index >= 15 is 0 Å². The Morgan fingerprint density at radius 2 is 1.76 bits per heavy atom. The largest absolute Gasteiger partial charge is 0.321 e. The van der Waals surface area contributed by atoms with Gasteiger partial charge in [0.25, 0.3) is 5.91 Å². The van der Waals surface area contributed by atoms with Crippen LogP contribution in [0.4, 0.5) is 10.1 Å². The fraction of sp³-hybridized carbons (Fsp3) is 0. The molecule has 0 saturated carbocycles. The van der Waals surface area contributed by atoms with Crippen LogP contribution in [-0.4, -0.2) is 5.91 Å². The van der Waals surface area contributed by atoms with Gasteiger partial charge in [0.1, 0.15) is 5.82 Å². The Kier molecular flexibility index (Phi) is 3.62. The van der Waals surface area contributed by atoms with E-state index in [1.807, 2.05) is 36.4 Å². The fourth-order valence-corrected chi connectivity index (χ4v) is 2.41. The molecule has 0 atom stereocenters. The topological polar surface area (TPSA) is 29.1 Å². The standard InChI is InChI=1S/C17H12FNOS/c18-15-9-8-12(21)10-14(15)17(20)19-16-7-3-5-11-4-1-2-6-13(11)16/h1-10,21H,(H,19,20). The summed E-state index contributed by atoms with van der Waals surface area (Å²) in [6.45, 7) is 0. The van der Waals surface area contributed by atoms with Crippen molar-refractivity contribution < 1.29 is 9.18 Å². The molecule has 0 aliphatic rings. The maximum atomic E-state index is 13.7. The third-order valence-corrected chi connectivity index (χ3v) is 3.51. The number of halogens is 1. The normalized spacial score (nSPS) is 10.6. The van der Waals surface area contributed by atoms with Gasteiger partial charge in [0, 0.05) is 16.0 Å². The van der Waals surface area contributed by atoms with E-state index in [0.717, 1.165) is 10.8 Å². The predicted molar refractivity (Wildman–Crippen MR) is 85.6 cm³/mol. The number of nitrogens with one attached hydrogen (secondary N) is 1. The highest BCUT2D eigenvalue weighted by Crippen LogP contribution is 2.24. The predicted octanol–water partition coefficient (Wildman–Crippen LogP) is 4.52. The molecule has 0 bridgehead atoms. The molecule has 0 fully saturated rings. The molecule has 4 heteroatoms. The maximum Gasteiger partial charge on any atom is 0.258 e. The van der Waals surface area contributed by atoms with E-state index in [9.17, 15) is 9.18 Å². The second-order valence-electron chi connectivity index (χ2n) is 4.64. The third-order valence-electron chi connectivity index (χ3n) is 3.23. The molecule has 0 aliphatic heterocycles. The van der Waals surface area contributed by atoms with Crippen LogP contribution in [0.5, 0.6) is 0 Å². The smallest absolute Gasteiger partial charge is 0.258 e. The molecular formula is C17H12FNOS. The Hall–Kier alpha value is -2.33. The molecule has 0 aromatic heterocycles. The highest BCUT2D eigenvalue weighted by atomic mass is 32.1. The number of fused-ring (bicyclic) bond motifs is 1. The average Bonchev–Trinajstić information content (AvgIpc) is 2.50. The van der Waals surface area contributed by atoms with Gasteiger partial charge >= 0.3 is 0 Å². The van der Waals surface area contributed by atoms with Gasteiger partial charge in [0.05, 0.1) is 5.56 Å². The second kappa shape index (κ2) is 5.58. The maximum absolute atomic E-state index is 13.7. The number of benzene rings is 3. The number of rotatable bonds is 2. The average molecular weight is 297 g/mol. The quantitative estimate of drug-likeness (QED) is 0.669. The summed E-state index contributed by atoms with van der Waals surface area (Å²) in [4.78, 5) is 12.8. The van der Waals surface area contributed by atoms with Gasteiger partial charge in [-0.15, -0.1) is 12.6 Å². The molecule has 0 spiro atoms. The number of carbonyl (C=O) groups excluding carboxylic acids is 1. The lowest BCUT2D eigenvalue weighted by molar-refractivity contribution is 0.102. The number of carbonyl (C=O) groups is 1. The van der Waals surface area contributed by atoms with Crippen molar-refractivity contribution in [2.24, 2.45) is 0 Å². The number of amides is 1. The Bertz CT molecular complexity index is 827. The first kappa shape index (κ1) is 13.6. The van der Waals surface area contributed by atoms with Crippen LogP contribution in [0.1, 0.15) is 10.4 Å². The minimum atomic E-state index is -0.564. The van der Waals surface area contributed by atoms with Gasteiger partial charge in [0.2, 0.25) is 0 Å². The zero-order valence-corrected chi connectivity index (χ0v) is 11.9. The minimum absolute atomic E-state index is 0.0181. The summed E-state index contributed by atoms with van der Waals surface area (Å²) in [6, 6.07) is 17.5. The van der Waals surface area contributed by atoms with Gasteiger partial charge in [-0.05, 0) is 29.7 Å². The van der Waals surface area contributed by atoms with Gasteiger partial charge in [-0.2, -0.15) is 0 Å². The molecule has 0 saturated heterocycles. The van der Waals surface area contributed by atoms with Gasteiger partial charge in [0.15, 0.2) is 0 Å². The van der Waals surface area contributed by atoms with Crippen LogP contribution >= 0.6 is 12.6 Å². The molecule has 2 nitrogen and oxygen atoms in total. The Morgan fingerprint density at radius 3 is 2.62 bits per heavy atom. The molecule has 3 aromatic carbocycles. The van der Waals surface area contributed by atoms with Crippen molar-refractivity contribution in [2.75, 3.05) is 5.32 Å². The lowest BCUT2D eigenvalue weighted by Gasteiger charge is -2.09. The molecule has 3 rings (SSSR count). The van der Waals surface area contributed by atoms with Crippen LogP contribution in [-0.2, 0) is 0 Å². The summed E-state index contributed by atoms with van der Waals surface area (Å²) >= 11 is 4.13. The van der Waals surface area contributed by atoms with Gasteiger partial charge < -0.3 is 5.32 Å². The van der Waals surface area contributed by atoms with Crippen LogP contribution in [0, 0.1) is 5.82 Å². The molecule has 0 unspecified atom stereocenters. The number of anilines is 1. The monoisotopic (exact) mass is 297 g/mol. The molecule has 104 valence electrons. The summed E-state index contributed by atoms with van der Waals surface area (Å²) in [5.74, 6) is -1.05. The van der Waals surface area contributed by atoms with Crippen molar-refractivity contribution in [2.45, 2.75) is 4.90 Å². The lowest BCUT2D eigenvalue weighted by atomic mass is 10.1. The van der Waals surface area contributed by atoms with E-state index in [1.54, 1.807) is 6.07 Å². The van der Waals surface area contributed by atoms with Crippen molar-refractivity contribution in [1.82, 2.24) is 0 Å². The first-order valence-corrected chi connectivity index (χ1v) is 6.87. The number of hydrogen-bond acceptors (Lipinski definition) is 2. The molecule has 0 radical (unpaired) electrons. The highest BCUT2D eigenvalue weighted by molar-refractivity contribution is 7.80. The first-order chi connectivity index (χ1) is 10.1. The molecule has 0 heterocycles. The van der Waals surface area contributed by atoms with E-state index in [0.29, 0.717) is 10.6 Å². The molecule has 21 heavy (non-hydrogen) atoms. The van der Waals surface area contributed by atoms with Crippen molar-refractivity contribution in [3.63, 3.8) is 0 Å². The zero-order chi connectivity index (χ0) is 14.8. The van der Waals surface area contributed by atoms with Crippen molar-refractivity contribution in [3.05, 3.63) is 72.0 Å². The summed E-state index contributed by atoms with van der Waals surface area (Å²) in [7, 11) is 0. The van der Waals surface area contributed by atoms with Gasteiger partial charge in [-0.1, -0.05) is 36.4 Å². The third kappa shape index (κ3) is 2.76. The number of hydrogen-bond donors (Lipinski definition) is 2. The van der Waals surface area contributed by atoms with E-state index in [2.05, 4.69) is 17.9 Å². The SMILES string of the molecule is O=C(Nc1cccc2ccccc12)c1cc(S)ccc1F. The van der Waals surface area contributed by atoms with Gasteiger partial charge in [-0.25, -0.2) is 4.39 Å². The summed E-state index contributed by atoms with van der Waals surface area (Å²) in [6.07, 6.45) is 0. The first-order valence-electron chi connectivity index (χ1n) is 6.43. The summed E-state index contributed by atoms with van der Waals surface area (Å²) in [5.41, 5.74) is 0.637.